The summed E-state index contributed by atoms with van der Waals surface area (Å²) in [6.07, 6.45) is 2.34. The number of nitrogens with zero attached hydrogens (tertiary/aromatic N) is 1. The smallest absolute Gasteiger partial charge is 0.271 e. The number of unbranched alkanes of at least 4 members (excludes halogenated alkanes) is 1. The van der Waals surface area contributed by atoms with Crippen LogP contribution in [0.2, 0.25) is 5.02 Å². The van der Waals surface area contributed by atoms with Crippen molar-refractivity contribution in [1.82, 2.24) is 0 Å². The third kappa shape index (κ3) is 6.24. The number of carbonyl (C=O) groups is 1. The maximum atomic E-state index is 12.0. The van der Waals surface area contributed by atoms with Crippen LogP contribution in [0.5, 0.6) is 5.75 Å². The van der Waals surface area contributed by atoms with E-state index in [1.165, 1.54) is 31.0 Å². The molecule has 8 heteroatoms. The molecule has 2 aromatic rings. The summed E-state index contributed by atoms with van der Waals surface area (Å²) < 4.78 is 5.32. The first-order valence-electron chi connectivity index (χ1n) is 8.09. The van der Waals surface area contributed by atoms with Crippen LogP contribution >= 0.6 is 23.4 Å². The Morgan fingerprint density at radius 1 is 1.27 bits per heavy atom. The monoisotopic (exact) mass is 394 g/mol. The van der Waals surface area contributed by atoms with Crippen molar-refractivity contribution >= 4 is 40.6 Å². The Morgan fingerprint density at radius 2 is 2.00 bits per heavy atom. The van der Waals surface area contributed by atoms with Crippen LogP contribution in [0.25, 0.3) is 0 Å². The molecular weight excluding hydrogens is 376 g/mol. The molecule has 0 unspecified atom stereocenters. The number of nitro benzene ring substituents is 1. The van der Waals surface area contributed by atoms with Gasteiger partial charge in [0.15, 0.2) is 6.61 Å². The van der Waals surface area contributed by atoms with E-state index in [1.54, 1.807) is 11.8 Å². The number of non-ortho nitro benzene ring substituents is 1. The van der Waals surface area contributed by atoms with Crippen molar-refractivity contribution < 1.29 is 14.5 Å². The van der Waals surface area contributed by atoms with Gasteiger partial charge in [-0.05, 0) is 42.5 Å². The van der Waals surface area contributed by atoms with Crippen LogP contribution in [-0.4, -0.2) is 23.2 Å². The molecule has 1 amide bonds. The zero-order valence-corrected chi connectivity index (χ0v) is 15.8. The van der Waals surface area contributed by atoms with E-state index < -0.39 is 4.92 Å². The van der Waals surface area contributed by atoms with Crippen LogP contribution in [0.4, 0.5) is 11.4 Å². The summed E-state index contributed by atoms with van der Waals surface area (Å²) in [5, 5.41) is 13.5. The highest BCUT2D eigenvalue weighted by atomic mass is 35.5. The van der Waals surface area contributed by atoms with E-state index in [9.17, 15) is 14.9 Å². The Bertz CT molecular complexity index is 768. The van der Waals surface area contributed by atoms with Crippen LogP contribution in [-0.2, 0) is 4.79 Å². The summed E-state index contributed by atoms with van der Waals surface area (Å²) in [6, 6.07) is 11.4. The Balaban J connectivity index is 1.84. The zero-order chi connectivity index (χ0) is 18.9. The van der Waals surface area contributed by atoms with Gasteiger partial charge in [0, 0.05) is 22.7 Å². The van der Waals surface area contributed by atoms with Gasteiger partial charge in [-0.15, -0.1) is 11.8 Å². The van der Waals surface area contributed by atoms with Gasteiger partial charge in [-0.3, -0.25) is 14.9 Å². The van der Waals surface area contributed by atoms with Gasteiger partial charge in [-0.1, -0.05) is 24.9 Å². The van der Waals surface area contributed by atoms with Gasteiger partial charge >= 0.3 is 0 Å². The van der Waals surface area contributed by atoms with E-state index in [2.05, 4.69) is 12.2 Å². The Morgan fingerprint density at radius 3 is 2.62 bits per heavy atom. The zero-order valence-electron chi connectivity index (χ0n) is 14.2. The van der Waals surface area contributed by atoms with Gasteiger partial charge in [0.2, 0.25) is 0 Å². The van der Waals surface area contributed by atoms with E-state index >= 15 is 0 Å². The summed E-state index contributed by atoms with van der Waals surface area (Å²) in [5.74, 6) is 0.951. The van der Waals surface area contributed by atoms with E-state index in [0.717, 1.165) is 10.6 Å². The van der Waals surface area contributed by atoms with Gasteiger partial charge in [-0.25, -0.2) is 0 Å². The van der Waals surface area contributed by atoms with Crippen LogP contribution in [0, 0.1) is 10.1 Å². The summed E-state index contributed by atoms with van der Waals surface area (Å²) in [4.78, 5) is 23.3. The van der Waals surface area contributed by atoms with Gasteiger partial charge in [-0.2, -0.15) is 0 Å². The predicted molar refractivity (Wildman–Crippen MR) is 104 cm³/mol. The number of carbonyl (C=O) groups excluding carboxylic acids is 1. The SMILES string of the molecule is CCCCSc1ccc(NC(=O)COc2ccc([N+](=O)[O-])cc2Cl)cc1. The highest BCUT2D eigenvalue weighted by Crippen LogP contribution is 2.28. The van der Waals surface area contributed by atoms with Crippen LogP contribution in [0.3, 0.4) is 0 Å². The van der Waals surface area contributed by atoms with Crippen molar-refractivity contribution in [3.63, 3.8) is 0 Å². The summed E-state index contributed by atoms with van der Waals surface area (Å²) in [6.45, 7) is 1.91. The van der Waals surface area contributed by atoms with Crippen LogP contribution in [0.15, 0.2) is 47.4 Å². The first-order chi connectivity index (χ1) is 12.5. The molecule has 26 heavy (non-hydrogen) atoms. The number of rotatable bonds is 9. The lowest BCUT2D eigenvalue weighted by Gasteiger charge is -2.09. The average molecular weight is 395 g/mol. The molecule has 0 fully saturated rings. The number of nitro groups is 1. The van der Waals surface area contributed by atoms with Crippen molar-refractivity contribution in [2.24, 2.45) is 0 Å². The third-order valence-electron chi connectivity index (χ3n) is 3.39. The molecule has 0 saturated heterocycles. The summed E-state index contributed by atoms with van der Waals surface area (Å²) in [7, 11) is 0. The molecular formula is C18H19ClN2O4S. The third-order valence-corrected chi connectivity index (χ3v) is 4.78. The van der Waals surface area contributed by atoms with Gasteiger partial charge in [0.05, 0.1) is 9.95 Å². The second-order valence-corrected chi connectivity index (χ2v) is 7.01. The molecule has 1 N–H and O–H groups in total. The lowest BCUT2D eigenvalue weighted by Crippen LogP contribution is -2.20. The quantitative estimate of drug-likeness (QED) is 0.275. The minimum Gasteiger partial charge on any atom is -0.482 e. The molecule has 0 spiro atoms. The largest absolute Gasteiger partial charge is 0.482 e. The van der Waals surface area contributed by atoms with Gasteiger partial charge in [0.1, 0.15) is 5.75 Å². The molecule has 138 valence electrons. The van der Waals surface area contributed by atoms with Crippen LogP contribution < -0.4 is 10.1 Å². The number of ether oxygens (including phenoxy) is 1. The number of anilines is 1. The number of nitrogens with one attached hydrogen (secondary N) is 1. The summed E-state index contributed by atoms with van der Waals surface area (Å²) >= 11 is 7.71. The molecule has 0 bridgehead atoms. The minimum atomic E-state index is -0.549. The highest BCUT2D eigenvalue weighted by Gasteiger charge is 2.11. The van der Waals surface area contributed by atoms with Crippen molar-refractivity contribution in [3.8, 4) is 5.75 Å². The number of benzene rings is 2. The molecule has 0 radical (unpaired) electrons. The lowest BCUT2D eigenvalue weighted by atomic mass is 10.3. The molecule has 0 atom stereocenters. The maximum Gasteiger partial charge on any atom is 0.271 e. The van der Waals surface area contributed by atoms with E-state index in [-0.39, 0.29) is 29.0 Å². The number of thioether (sulfide) groups is 1. The molecule has 2 aromatic carbocycles. The van der Waals surface area contributed by atoms with E-state index in [1.807, 2.05) is 24.3 Å². The highest BCUT2D eigenvalue weighted by molar-refractivity contribution is 7.99. The fourth-order valence-electron chi connectivity index (χ4n) is 2.03. The van der Waals surface area contributed by atoms with Crippen molar-refractivity contribution in [3.05, 3.63) is 57.6 Å². The number of hydrogen-bond acceptors (Lipinski definition) is 5. The molecule has 0 heterocycles. The first-order valence-corrected chi connectivity index (χ1v) is 9.45. The minimum absolute atomic E-state index is 0.0838. The Labute approximate surface area is 161 Å². The molecule has 0 aromatic heterocycles. The maximum absolute atomic E-state index is 12.0. The fourth-order valence-corrected chi connectivity index (χ4v) is 3.26. The number of amides is 1. The lowest BCUT2D eigenvalue weighted by molar-refractivity contribution is -0.384. The van der Waals surface area contributed by atoms with E-state index in [4.69, 9.17) is 16.3 Å². The second kappa shape index (κ2) is 10.0. The molecule has 0 saturated carbocycles. The van der Waals surface area contributed by atoms with Gasteiger partial charge < -0.3 is 10.1 Å². The Kier molecular flexibility index (Phi) is 7.74. The molecule has 0 aliphatic heterocycles. The molecule has 0 aliphatic rings. The van der Waals surface area contributed by atoms with Crippen molar-refractivity contribution in [2.75, 3.05) is 17.7 Å². The second-order valence-electron chi connectivity index (χ2n) is 5.44. The first kappa shape index (κ1) is 20.1. The van der Waals surface area contributed by atoms with E-state index in [0.29, 0.717) is 5.69 Å². The number of halogens is 1. The van der Waals surface area contributed by atoms with Gasteiger partial charge in [0.25, 0.3) is 11.6 Å². The molecule has 6 nitrogen and oxygen atoms in total. The van der Waals surface area contributed by atoms with Crippen molar-refractivity contribution in [2.45, 2.75) is 24.7 Å². The fraction of sp³-hybridized carbons (Fsp3) is 0.278. The predicted octanol–water partition coefficient (Wildman–Crippen LogP) is 5.16. The average Bonchev–Trinajstić information content (AvgIpc) is 2.62. The molecule has 2 rings (SSSR count). The normalized spacial score (nSPS) is 10.4. The van der Waals surface area contributed by atoms with Crippen LogP contribution in [0.1, 0.15) is 19.8 Å². The topological polar surface area (TPSA) is 81.5 Å². The molecule has 0 aliphatic carbocycles. The Hall–Kier alpha value is -2.25. The summed E-state index contributed by atoms with van der Waals surface area (Å²) in [5.41, 5.74) is 0.539. The number of hydrogen-bond donors (Lipinski definition) is 1. The van der Waals surface area contributed by atoms with Crippen molar-refractivity contribution in [1.29, 1.82) is 0 Å². The standard InChI is InChI=1S/C18H19ClN2O4S/c1-2-3-10-26-15-7-4-13(5-8-15)20-18(22)12-25-17-9-6-14(21(23)24)11-16(17)19/h4-9,11H,2-3,10,12H2,1H3,(H,20,22).